The number of fused-ring (bicyclic) bond motifs is 1. The number of piperazine rings is 1. The van der Waals surface area contributed by atoms with Crippen molar-refractivity contribution < 1.29 is 14.3 Å². The van der Waals surface area contributed by atoms with Crippen molar-refractivity contribution in [3.05, 3.63) is 81.1 Å². The largest absolute Gasteiger partial charge is 0.465 e. The summed E-state index contributed by atoms with van der Waals surface area (Å²) >= 11 is 6.01. The average Bonchev–Trinajstić information content (AvgIpc) is 2.80. The summed E-state index contributed by atoms with van der Waals surface area (Å²) in [6.07, 6.45) is 0. The van der Waals surface area contributed by atoms with Gasteiger partial charge in [-0.25, -0.2) is 4.79 Å². The number of nitrogens with zero attached hydrogens (tertiary/aromatic N) is 2. The summed E-state index contributed by atoms with van der Waals surface area (Å²) in [7, 11) is 0. The van der Waals surface area contributed by atoms with Gasteiger partial charge in [0.05, 0.1) is 12.2 Å². The van der Waals surface area contributed by atoms with Crippen LogP contribution in [0, 0.1) is 0 Å². The number of carbonyl (C=O) groups excluding carboxylic acids is 2. The molecule has 0 bridgehead atoms. The number of H-pyrrole nitrogens is 1. The number of amides is 1. The maximum Gasteiger partial charge on any atom is 0.328 e. The molecule has 4 rings (SSSR count). The Morgan fingerprint density at radius 3 is 2.44 bits per heavy atom. The van der Waals surface area contributed by atoms with Crippen LogP contribution in [-0.4, -0.2) is 59.4 Å². The van der Waals surface area contributed by atoms with Crippen LogP contribution < -0.4 is 5.56 Å². The normalized spacial score (nSPS) is 15.5. The minimum atomic E-state index is -0.565. The topological polar surface area (TPSA) is 82.7 Å². The Labute approximate surface area is 190 Å². The lowest BCUT2D eigenvalue weighted by Gasteiger charge is -2.38. The number of aromatic amines is 1. The molecular formula is C24H24ClN3O4. The number of aromatic nitrogens is 1. The van der Waals surface area contributed by atoms with Crippen molar-refractivity contribution in [2.45, 2.75) is 13.0 Å². The fourth-order valence-corrected chi connectivity index (χ4v) is 4.22. The molecule has 0 unspecified atom stereocenters. The second-order valence-electron chi connectivity index (χ2n) is 7.63. The predicted molar refractivity (Wildman–Crippen MR) is 123 cm³/mol. The molecule has 1 aliphatic rings. The number of nitrogens with one attached hydrogen (secondary N) is 1. The molecule has 1 saturated heterocycles. The third-order valence-electron chi connectivity index (χ3n) is 5.64. The number of halogens is 1. The van der Waals surface area contributed by atoms with Gasteiger partial charge in [-0.15, -0.1) is 0 Å². The maximum atomic E-state index is 13.2. The van der Waals surface area contributed by atoms with Crippen LogP contribution in [0.15, 0.2) is 59.4 Å². The zero-order chi connectivity index (χ0) is 22.7. The van der Waals surface area contributed by atoms with Gasteiger partial charge >= 0.3 is 5.97 Å². The molecule has 0 spiro atoms. The van der Waals surface area contributed by atoms with E-state index in [-0.39, 0.29) is 24.0 Å². The maximum absolute atomic E-state index is 13.2. The Morgan fingerprint density at radius 2 is 1.75 bits per heavy atom. The van der Waals surface area contributed by atoms with Crippen molar-refractivity contribution in [1.82, 2.24) is 14.8 Å². The van der Waals surface area contributed by atoms with Crippen LogP contribution in [0.4, 0.5) is 0 Å². The third-order valence-corrected chi connectivity index (χ3v) is 5.90. The van der Waals surface area contributed by atoms with Crippen LogP contribution in [0.1, 0.15) is 28.9 Å². The first-order chi connectivity index (χ1) is 15.5. The Hall–Kier alpha value is -3.16. The molecule has 0 radical (unpaired) electrons. The molecule has 166 valence electrons. The molecule has 1 aliphatic heterocycles. The Kier molecular flexibility index (Phi) is 6.58. The van der Waals surface area contributed by atoms with Gasteiger partial charge in [-0.3, -0.25) is 14.5 Å². The van der Waals surface area contributed by atoms with Gasteiger partial charge in [-0.05, 0) is 30.7 Å². The summed E-state index contributed by atoms with van der Waals surface area (Å²) < 4.78 is 5.31. The standard InChI is InChI=1S/C24H24ClN3O4/c1-2-32-24(31)22(16-7-9-17(25)10-8-16)27-11-13-28(14-12-27)23(30)19-15-21(29)26-20-6-4-3-5-18(19)20/h3-10,15,22H,2,11-14H2,1H3,(H,26,29)/t22-/m1/s1. The highest BCUT2D eigenvalue weighted by Gasteiger charge is 2.33. The Bertz CT molecular complexity index is 1180. The number of benzene rings is 2. The summed E-state index contributed by atoms with van der Waals surface area (Å²) in [6, 6.07) is 15.2. The molecule has 1 N–H and O–H groups in total. The van der Waals surface area contributed by atoms with Gasteiger partial charge in [0, 0.05) is 48.2 Å². The van der Waals surface area contributed by atoms with E-state index >= 15 is 0 Å². The summed E-state index contributed by atoms with van der Waals surface area (Å²) in [5.74, 6) is -0.513. The van der Waals surface area contributed by atoms with E-state index in [0.717, 1.165) is 5.56 Å². The minimum absolute atomic E-state index is 0.189. The van der Waals surface area contributed by atoms with Gasteiger partial charge in [0.1, 0.15) is 6.04 Å². The number of carbonyl (C=O) groups is 2. The number of hydrogen-bond donors (Lipinski definition) is 1. The van der Waals surface area contributed by atoms with Crippen LogP contribution in [0.2, 0.25) is 5.02 Å². The van der Waals surface area contributed by atoms with Gasteiger partial charge in [0.25, 0.3) is 5.91 Å². The smallest absolute Gasteiger partial charge is 0.328 e. The first kappa shape index (κ1) is 22.0. The fourth-order valence-electron chi connectivity index (χ4n) is 4.10. The molecule has 1 fully saturated rings. The molecule has 0 saturated carbocycles. The van der Waals surface area contributed by atoms with E-state index in [1.807, 2.05) is 35.2 Å². The molecule has 2 heterocycles. The number of ether oxygens (including phenoxy) is 1. The van der Waals surface area contributed by atoms with Gasteiger partial charge in [0.2, 0.25) is 5.56 Å². The summed E-state index contributed by atoms with van der Waals surface area (Å²) in [5, 5.41) is 1.31. The number of hydrogen-bond acceptors (Lipinski definition) is 5. The second-order valence-corrected chi connectivity index (χ2v) is 8.06. The molecule has 7 nitrogen and oxygen atoms in total. The SMILES string of the molecule is CCOC(=O)[C@@H](c1ccc(Cl)cc1)N1CCN(C(=O)c2cc(=O)[nH]c3ccccc23)CC1. The van der Waals surface area contributed by atoms with Crippen LogP contribution in [0.5, 0.6) is 0 Å². The zero-order valence-corrected chi connectivity index (χ0v) is 18.5. The number of esters is 1. The van der Waals surface area contributed by atoms with Crippen LogP contribution >= 0.6 is 11.6 Å². The van der Waals surface area contributed by atoms with Crippen molar-refractivity contribution in [2.24, 2.45) is 0 Å². The predicted octanol–water partition coefficient (Wildman–Crippen LogP) is 3.24. The van der Waals surface area contributed by atoms with Gasteiger partial charge in [-0.2, -0.15) is 0 Å². The first-order valence-corrected chi connectivity index (χ1v) is 10.9. The van der Waals surface area contributed by atoms with E-state index in [2.05, 4.69) is 4.98 Å². The quantitative estimate of drug-likeness (QED) is 0.600. The molecule has 2 aromatic carbocycles. The molecule has 3 aromatic rings. The molecule has 1 aromatic heterocycles. The summed E-state index contributed by atoms with van der Waals surface area (Å²) in [6.45, 7) is 3.93. The monoisotopic (exact) mass is 453 g/mol. The van der Waals surface area contributed by atoms with E-state index < -0.39 is 6.04 Å². The molecule has 0 aliphatic carbocycles. The lowest BCUT2D eigenvalue weighted by Crippen LogP contribution is -2.51. The van der Waals surface area contributed by atoms with Crippen molar-refractivity contribution >= 4 is 34.4 Å². The third kappa shape index (κ3) is 4.54. The molecule has 8 heteroatoms. The summed E-state index contributed by atoms with van der Waals surface area (Å²) in [4.78, 5) is 44.5. The van der Waals surface area contributed by atoms with E-state index in [1.165, 1.54) is 6.07 Å². The van der Waals surface area contributed by atoms with E-state index in [1.54, 1.807) is 30.0 Å². The molecule has 1 amide bonds. The lowest BCUT2D eigenvalue weighted by molar-refractivity contribution is -0.150. The highest BCUT2D eigenvalue weighted by atomic mass is 35.5. The van der Waals surface area contributed by atoms with Crippen molar-refractivity contribution in [3.8, 4) is 0 Å². The molecular weight excluding hydrogens is 430 g/mol. The highest BCUT2D eigenvalue weighted by Crippen LogP contribution is 2.26. The van der Waals surface area contributed by atoms with Crippen molar-refractivity contribution in [1.29, 1.82) is 0 Å². The van der Waals surface area contributed by atoms with Gasteiger partial charge in [0.15, 0.2) is 0 Å². The number of rotatable bonds is 5. The first-order valence-electron chi connectivity index (χ1n) is 10.6. The van der Waals surface area contributed by atoms with Gasteiger partial charge in [-0.1, -0.05) is 41.9 Å². The van der Waals surface area contributed by atoms with Crippen molar-refractivity contribution in [2.75, 3.05) is 32.8 Å². The van der Waals surface area contributed by atoms with Crippen LogP contribution in [0.3, 0.4) is 0 Å². The average molecular weight is 454 g/mol. The van der Waals surface area contributed by atoms with Crippen LogP contribution in [0.25, 0.3) is 10.9 Å². The Balaban J connectivity index is 1.54. The minimum Gasteiger partial charge on any atom is -0.465 e. The lowest BCUT2D eigenvalue weighted by atomic mass is 10.0. The van der Waals surface area contributed by atoms with E-state index in [0.29, 0.717) is 47.7 Å². The summed E-state index contributed by atoms with van der Waals surface area (Å²) in [5.41, 5.74) is 1.51. The zero-order valence-electron chi connectivity index (χ0n) is 17.7. The Morgan fingerprint density at radius 1 is 1.06 bits per heavy atom. The fraction of sp³-hybridized carbons (Fsp3) is 0.292. The van der Waals surface area contributed by atoms with Gasteiger partial charge < -0.3 is 14.6 Å². The molecule has 1 atom stereocenters. The van der Waals surface area contributed by atoms with E-state index in [9.17, 15) is 14.4 Å². The van der Waals surface area contributed by atoms with Crippen LogP contribution in [-0.2, 0) is 9.53 Å². The highest BCUT2D eigenvalue weighted by molar-refractivity contribution is 6.30. The van der Waals surface area contributed by atoms with Crippen molar-refractivity contribution in [3.63, 3.8) is 0 Å². The van der Waals surface area contributed by atoms with E-state index in [4.69, 9.17) is 16.3 Å². The number of para-hydroxylation sites is 1. The number of pyridine rings is 1. The molecule has 32 heavy (non-hydrogen) atoms. The second kappa shape index (κ2) is 9.54.